The Bertz CT molecular complexity index is 1680. The lowest BCUT2D eigenvalue weighted by Gasteiger charge is -2.53. The van der Waals surface area contributed by atoms with E-state index in [-0.39, 0.29) is 22.3 Å². The molecule has 202 valence electrons. The number of carbonyl (C=O) groups is 4. The molecule has 6 N–H and O–H groups in total. The van der Waals surface area contributed by atoms with E-state index in [0.29, 0.717) is 11.1 Å². The molecule has 4 fully saturated rings. The Hall–Kier alpha value is -4.28. The molecule has 4 saturated carbocycles. The summed E-state index contributed by atoms with van der Waals surface area (Å²) in [5, 5.41) is 67.8. The molecule has 0 heterocycles. The summed E-state index contributed by atoms with van der Waals surface area (Å²) in [7, 11) is 0. The summed E-state index contributed by atoms with van der Waals surface area (Å²) in [6, 6.07) is 5.37. The van der Waals surface area contributed by atoms with Crippen molar-refractivity contribution in [3.8, 4) is 11.5 Å². The number of rotatable bonds is 0. The summed E-state index contributed by atoms with van der Waals surface area (Å²) >= 11 is 0. The zero-order chi connectivity index (χ0) is 28.5. The van der Waals surface area contributed by atoms with E-state index in [1.54, 1.807) is 13.8 Å². The maximum absolute atomic E-state index is 14.5. The minimum atomic E-state index is -2.25. The monoisotopic (exact) mass is 542 g/mol. The summed E-state index contributed by atoms with van der Waals surface area (Å²) in [6.07, 6.45) is -3.37. The van der Waals surface area contributed by atoms with Gasteiger partial charge in [-0.25, -0.2) is 0 Å². The van der Waals surface area contributed by atoms with Crippen molar-refractivity contribution in [3.63, 3.8) is 0 Å². The number of fused-ring (bicyclic) bond motifs is 4. The van der Waals surface area contributed by atoms with Gasteiger partial charge in [0.05, 0.1) is 57.1 Å². The molecule has 4 bridgehead atoms. The number of Topliss-reactive ketones (excluding diaryl/α,β-unsaturated/α-hetero) is 4. The molecule has 10 nitrogen and oxygen atoms in total. The summed E-state index contributed by atoms with van der Waals surface area (Å²) < 4.78 is 0. The number of phenols is 2. The first-order valence-corrected chi connectivity index (χ1v) is 12.9. The van der Waals surface area contributed by atoms with Crippen LogP contribution < -0.4 is 0 Å². The molecule has 2 aromatic carbocycles. The van der Waals surface area contributed by atoms with Crippen LogP contribution in [0.2, 0.25) is 0 Å². The first-order chi connectivity index (χ1) is 18.8. The number of benzene rings is 2. The van der Waals surface area contributed by atoms with E-state index >= 15 is 0 Å². The van der Waals surface area contributed by atoms with Crippen molar-refractivity contribution >= 4 is 34.7 Å². The Balaban J connectivity index is 1.55. The van der Waals surface area contributed by atoms with Crippen LogP contribution in [0.5, 0.6) is 11.5 Å². The number of allylic oxidation sites excluding steroid dienone is 2. The normalized spacial score (nSPS) is 38.1. The second-order valence-corrected chi connectivity index (χ2v) is 12.0. The number of aliphatic hydroxyl groups is 4. The van der Waals surface area contributed by atoms with Gasteiger partial charge in [0.2, 0.25) is 0 Å². The third-order valence-corrected chi connectivity index (χ3v) is 10.4. The van der Waals surface area contributed by atoms with Crippen molar-refractivity contribution in [1.29, 1.82) is 0 Å². The van der Waals surface area contributed by atoms with Gasteiger partial charge in [-0.05, 0) is 49.2 Å². The maximum atomic E-state index is 14.5. The highest BCUT2D eigenvalue weighted by Gasteiger charge is 2.89. The standard InChI is InChI=1S/C30H22O10/c1-7-3-9-13(11(31)5-7)21(33)17-25(37)20-23(35)15-16-24(36)19(29(15,17)27(9)39)26(38)18-22(34)14-10(28(40)30(16,18)20)4-8(2)6-12(14)32/h3-6,15-16,19-20,23-24,31-36H,1-2H3/t15?,16?,19?,20?,23-,24+,29?,30?. The first-order valence-electron chi connectivity index (χ1n) is 12.9. The highest BCUT2D eigenvalue weighted by molar-refractivity contribution is 6.30. The van der Waals surface area contributed by atoms with Crippen LogP contribution in [0.1, 0.15) is 43.0 Å². The van der Waals surface area contributed by atoms with Gasteiger partial charge < -0.3 is 30.6 Å². The Morgan fingerprint density at radius 3 is 1.30 bits per heavy atom. The van der Waals surface area contributed by atoms with Crippen LogP contribution in [0.4, 0.5) is 0 Å². The summed E-state index contributed by atoms with van der Waals surface area (Å²) in [4.78, 5) is 57.9. The molecule has 8 rings (SSSR count). The van der Waals surface area contributed by atoms with E-state index in [1.165, 1.54) is 24.3 Å². The minimum absolute atomic E-state index is 0.185. The summed E-state index contributed by atoms with van der Waals surface area (Å²) in [5.74, 6) is -12.2. The molecule has 0 radical (unpaired) electrons. The number of carbonyl (C=O) groups excluding carboxylic acids is 4. The number of phenolic OH excluding ortho intramolecular Hbond substituents is 2. The number of aliphatic hydroxyl groups excluding tert-OH is 4. The molecule has 2 aromatic rings. The van der Waals surface area contributed by atoms with Crippen molar-refractivity contribution in [2.45, 2.75) is 26.1 Å². The zero-order valence-corrected chi connectivity index (χ0v) is 21.1. The fourth-order valence-corrected chi connectivity index (χ4v) is 9.51. The lowest BCUT2D eigenvalue weighted by molar-refractivity contribution is -0.142. The zero-order valence-electron chi connectivity index (χ0n) is 21.1. The second-order valence-electron chi connectivity index (χ2n) is 12.0. The van der Waals surface area contributed by atoms with Crippen molar-refractivity contribution in [1.82, 2.24) is 0 Å². The van der Waals surface area contributed by atoms with Crippen LogP contribution >= 0.6 is 0 Å². The summed E-state index contributed by atoms with van der Waals surface area (Å²) in [6.45, 7) is 3.19. The van der Waals surface area contributed by atoms with Crippen molar-refractivity contribution < 1.29 is 49.8 Å². The Labute approximate surface area is 225 Å². The molecular formula is C30H22O10. The highest BCUT2D eigenvalue weighted by Crippen LogP contribution is 2.80. The number of aryl methyl sites for hydroxylation is 2. The molecule has 6 unspecified atom stereocenters. The molecule has 0 amide bonds. The fraction of sp³-hybridized carbons (Fsp3) is 0.333. The van der Waals surface area contributed by atoms with Gasteiger partial charge in [-0.2, -0.15) is 0 Å². The van der Waals surface area contributed by atoms with E-state index in [2.05, 4.69) is 0 Å². The predicted octanol–water partition coefficient (Wildman–Crippen LogP) is 1.70. The molecule has 0 aromatic heterocycles. The van der Waals surface area contributed by atoms with Gasteiger partial charge in [0, 0.05) is 23.0 Å². The third kappa shape index (κ3) is 1.96. The minimum Gasteiger partial charge on any atom is -0.507 e. The number of hydrogen-bond acceptors (Lipinski definition) is 10. The van der Waals surface area contributed by atoms with Gasteiger partial charge in [0.15, 0.2) is 23.1 Å². The SMILES string of the molecule is Cc1cc(O)c2c(c1)C(=O)C13C(=C2O)C(=O)C2[C@H](O)C1C1[C@H](O)C3C(=O)C3=C(O)c4c(O)cc(C)cc4C(=O)C321. The Morgan fingerprint density at radius 1 is 0.600 bits per heavy atom. The van der Waals surface area contributed by atoms with Crippen LogP contribution in [0.25, 0.3) is 11.5 Å². The number of ketones is 4. The van der Waals surface area contributed by atoms with Crippen LogP contribution in [0.15, 0.2) is 35.4 Å². The molecule has 6 aliphatic rings. The van der Waals surface area contributed by atoms with E-state index in [4.69, 9.17) is 0 Å². The average Bonchev–Trinajstić information content (AvgIpc) is 3.22. The van der Waals surface area contributed by atoms with Gasteiger partial charge in [0.1, 0.15) is 23.0 Å². The molecule has 6 aliphatic carbocycles. The fourth-order valence-electron chi connectivity index (χ4n) is 9.51. The lowest BCUT2D eigenvalue weighted by atomic mass is 9.46. The van der Waals surface area contributed by atoms with Gasteiger partial charge in [-0.1, -0.05) is 0 Å². The van der Waals surface area contributed by atoms with Crippen LogP contribution in [0, 0.1) is 48.3 Å². The van der Waals surface area contributed by atoms with E-state index < -0.39 is 104 Å². The number of hydrogen-bond donors (Lipinski definition) is 6. The molecule has 10 heteroatoms. The average molecular weight is 542 g/mol. The summed E-state index contributed by atoms with van der Waals surface area (Å²) in [5.41, 5.74) is -5.58. The van der Waals surface area contributed by atoms with Gasteiger partial charge in [-0.3, -0.25) is 19.2 Å². The molecule has 40 heavy (non-hydrogen) atoms. The Kier molecular flexibility index (Phi) is 3.86. The van der Waals surface area contributed by atoms with Gasteiger partial charge >= 0.3 is 0 Å². The largest absolute Gasteiger partial charge is 0.507 e. The van der Waals surface area contributed by atoms with Crippen molar-refractivity contribution in [2.24, 2.45) is 34.5 Å². The second kappa shape index (κ2) is 6.54. The van der Waals surface area contributed by atoms with E-state index in [1.807, 2.05) is 0 Å². The molecule has 0 aliphatic heterocycles. The quantitative estimate of drug-likeness (QED) is 0.286. The topological polar surface area (TPSA) is 190 Å². The van der Waals surface area contributed by atoms with Crippen molar-refractivity contribution in [3.05, 3.63) is 68.8 Å². The first kappa shape index (κ1) is 23.6. The lowest BCUT2D eigenvalue weighted by Crippen LogP contribution is -2.65. The molecule has 0 saturated heterocycles. The van der Waals surface area contributed by atoms with Gasteiger partial charge in [-0.15, -0.1) is 0 Å². The molecular weight excluding hydrogens is 520 g/mol. The highest BCUT2D eigenvalue weighted by atomic mass is 16.3. The van der Waals surface area contributed by atoms with Crippen molar-refractivity contribution in [2.75, 3.05) is 0 Å². The maximum Gasteiger partial charge on any atom is 0.175 e. The molecule has 8 atom stereocenters. The van der Waals surface area contributed by atoms with E-state index in [0.717, 1.165) is 0 Å². The number of aromatic hydroxyl groups is 2. The smallest absolute Gasteiger partial charge is 0.175 e. The van der Waals surface area contributed by atoms with Gasteiger partial charge in [0.25, 0.3) is 0 Å². The van der Waals surface area contributed by atoms with Crippen LogP contribution in [0.3, 0.4) is 0 Å². The third-order valence-electron chi connectivity index (χ3n) is 10.4. The Morgan fingerprint density at radius 2 is 0.950 bits per heavy atom. The van der Waals surface area contributed by atoms with E-state index in [9.17, 15) is 49.8 Å². The molecule has 2 spiro atoms. The van der Waals surface area contributed by atoms with Crippen LogP contribution in [-0.2, 0) is 9.59 Å². The predicted molar refractivity (Wildman–Crippen MR) is 134 cm³/mol. The van der Waals surface area contributed by atoms with Crippen LogP contribution in [-0.4, -0.2) is 66.0 Å².